The second-order valence-electron chi connectivity index (χ2n) is 4.45. The van der Waals surface area contributed by atoms with E-state index in [9.17, 15) is 0 Å². The van der Waals surface area contributed by atoms with Crippen molar-refractivity contribution in [2.24, 2.45) is 0 Å². The smallest absolute Gasteiger partial charge is 0.0948 e. The highest BCUT2D eigenvalue weighted by atomic mass is 14.9. The van der Waals surface area contributed by atoms with E-state index in [0.29, 0.717) is 0 Å². The van der Waals surface area contributed by atoms with E-state index in [1.165, 1.54) is 40.4 Å². The van der Waals surface area contributed by atoms with Crippen LogP contribution in [0, 0.1) is 0 Å². The molecule has 1 aromatic heterocycles. The fraction of sp³-hybridized carbons (Fsp3) is 0.214. The molecule has 0 spiro atoms. The fourth-order valence-corrected chi connectivity index (χ4v) is 2.88. The van der Waals surface area contributed by atoms with Crippen molar-refractivity contribution in [2.75, 3.05) is 6.54 Å². The lowest BCUT2D eigenvalue weighted by atomic mass is 9.99. The third-order valence-corrected chi connectivity index (χ3v) is 3.56. The Kier molecular flexibility index (Phi) is 1.48. The van der Waals surface area contributed by atoms with Gasteiger partial charge < -0.3 is 5.32 Å². The van der Waals surface area contributed by atoms with E-state index in [0.717, 1.165) is 12.2 Å². The lowest BCUT2D eigenvalue weighted by Gasteiger charge is -2.16. The summed E-state index contributed by atoms with van der Waals surface area (Å²) in [6, 6.07) is 8.64. The van der Waals surface area contributed by atoms with Crippen LogP contribution in [0.15, 0.2) is 30.5 Å². The molecule has 0 amide bonds. The zero-order valence-electron chi connectivity index (χ0n) is 8.96. The van der Waals surface area contributed by atoms with Crippen molar-refractivity contribution in [3.05, 3.63) is 41.7 Å². The Hall–Kier alpha value is -1.83. The van der Waals surface area contributed by atoms with Gasteiger partial charge in [0.1, 0.15) is 0 Å². The second-order valence-corrected chi connectivity index (χ2v) is 4.45. The molecule has 1 aromatic carbocycles. The van der Waals surface area contributed by atoms with Crippen LogP contribution in [-0.2, 0) is 0 Å². The molecule has 0 atom stereocenters. The van der Waals surface area contributed by atoms with Crippen LogP contribution in [0.4, 0.5) is 0 Å². The molecule has 0 unspecified atom stereocenters. The minimum atomic E-state index is 1.07. The number of benzene rings is 1. The summed E-state index contributed by atoms with van der Waals surface area (Å²) >= 11 is 0. The summed E-state index contributed by atoms with van der Waals surface area (Å²) in [5, 5.41) is 6.15. The zero-order chi connectivity index (χ0) is 10.5. The quantitative estimate of drug-likeness (QED) is 0.720. The third-order valence-electron chi connectivity index (χ3n) is 3.56. The molecule has 2 aliphatic rings. The van der Waals surface area contributed by atoms with E-state index < -0.39 is 0 Å². The first-order valence-corrected chi connectivity index (χ1v) is 5.80. The Morgan fingerprint density at radius 3 is 3.19 bits per heavy atom. The number of nitrogens with zero attached hydrogens (tertiary/aromatic N) is 1. The minimum Gasteiger partial charge on any atom is -0.383 e. The number of aromatic nitrogens is 1. The molecule has 2 nitrogen and oxygen atoms in total. The van der Waals surface area contributed by atoms with Gasteiger partial charge >= 0.3 is 0 Å². The van der Waals surface area contributed by atoms with Crippen LogP contribution in [0.5, 0.6) is 0 Å². The average Bonchev–Trinajstić information content (AvgIpc) is 2.68. The minimum absolute atomic E-state index is 1.07. The molecule has 1 N–H and O–H groups in total. The summed E-state index contributed by atoms with van der Waals surface area (Å²) in [5.74, 6) is 0. The van der Waals surface area contributed by atoms with Crippen LogP contribution in [0.1, 0.15) is 24.1 Å². The lowest BCUT2D eigenvalue weighted by molar-refractivity contribution is 0.756. The van der Waals surface area contributed by atoms with Gasteiger partial charge in [-0.3, -0.25) is 4.98 Å². The number of pyridine rings is 1. The largest absolute Gasteiger partial charge is 0.383 e. The Balaban J connectivity index is 2.16. The maximum atomic E-state index is 4.54. The summed E-state index contributed by atoms with van der Waals surface area (Å²) in [5.41, 5.74) is 5.29. The zero-order valence-corrected chi connectivity index (χ0v) is 8.96. The van der Waals surface area contributed by atoms with E-state index in [1.54, 1.807) is 0 Å². The summed E-state index contributed by atoms with van der Waals surface area (Å²) in [4.78, 5) is 4.54. The third kappa shape index (κ3) is 0.896. The maximum absolute atomic E-state index is 4.54. The first-order valence-electron chi connectivity index (χ1n) is 5.80. The number of hydrogen-bond donors (Lipinski definition) is 1. The highest BCUT2D eigenvalue weighted by molar-refractivity contribution is 6.12. The van der Waals surface area contributed by atoms with Crippen LogP contribution in [0.3, 0.4) is 0 Å². The second kappa shape index (κ2) is 2.85. The van der Waals surface area contributed by atoms with Crippen molar-refractivity contribution in [3.8, 4) is 0 Å². The number of fused-ring (bicyclic) bond motifs is 2. The van der Waals surface area contributed by atoms with Crippen LogP contribution in [-0.4, -0.2) is 11.5 Å². The molecule has 2 aromatic rings. The molecule has 1 aliphatic heterocycles. The van der Waals surface area contributed by atoms with Crippen LogP contribution < -0.4 is 5.32 Å². The van der Waals surface area contributed by atoms with Crippen molar-refractivity contribution < 1.29 is 0 Å². The van der Waals surface area contributed by atoms with Crippen molar-refractivity contribution in [1.82, 2.24) is 10.3 Å². The van der Waals surface area contributed by atoms with Gasteiger partial charge in [-0.1, -0.05) is 18.2 Å². The van der Waals surface area contributed by atoms with Gasteiger partial charge in [0.15, 0.2) is 0 Å². The topological polar surface area (TPSA) is 24.9 Å². The lowest BCUT2D eigenvalue weighted by Crippen LogP contribution is -2.18. The van der Waals surface area contributed by atoms with Gasteiger partial charge in [0.2, 0.25) is 0 Å². The number of hydrogen-bond acceptors (Lipinski definition) is 2. The summed E-state index contributed by atoms with van der Waals surface area (Å²) < 4.78 is 0. The van der Waals surface area contributed by atoms with E-state index in [4.69, 9.17) is 0 Å². The van der Waals surface area contributed by atoms with Gasteiger partial charge in [-0.25, -0.2) is 0 Å². The van der Waals surface area contributed by atoms with Crippen molar-refractivity contribution in [3.63, 3.8) is 0 Å². The van der Waals surface area contributed by atoms with Crippen LogP contribution in [0.25, 0.3) is 22.0 Å². The number of allylic oxidation sites excluding steroid dienone is 1. The van der Waals surface area contributed by atoms with E-state index in [2.05, 4.69) is 34.6 Å². The van der Waals surface area contributed by atoms with Gasteiger partial charge in [0.05, 0.1) is 11.4 Å². The molecule has 0 fully saturated rings. The normalized spacial score (nSPS) is 17.5. The molecule has 2 heteroatoms. The maximum Gasteiger partial charge on any atom is 0.0948 e. The van der Waals surface area contributed by atoms with Gasteiger partial charge in [0, 0.05) is 18.1 Å². The molecule has 4 rings (SSSR count). The van der Waals surface area contributed by atoms with Gasteiger partial charge in [-0.05, 0) is 35.4 Å². The molecule has 2 heterocycles. The molecule has 78 valence electrons. The first kappa shape index (κ1) is 8.34. The van der Waals surface area contributed by atoms with Gasteiger partial charge in [-0.15, -0.1) is 0 Å². The van der Waals surface area contributed by atoms with Crippen LogP contribution in [0.2, 0.25) is 0 Å². The molecule has 0 saturated heterocycles. The highest BCUT2D eigenvalue weighted by Gasteiger charge is 2.26. The standard InChI is InChI=1S/C14H12N2/c1-3-9-6-8-16-14-12(9)10(4-1)11-5-2-7-15-13(11)14/h1,3-4,6,8,15H,2,5,7H2. The predicted molar refractivity (Wildman–Crippen MR) is 65.8 cm³/mol. The molecule has 0 radical (unpaired) electrons. The highest BCUT2D eigenvalue weighted by Crippen LogP contribution is 2.42. The van der Waals surface area contributed by atoms with E-state index >= 15 is 0 Å². The van der Waals surface area contributed by atoms with E-state index in [-0.39, 0.29) is 0 Å². The molecule has 0 saturated carbocycles. The predicted octanol–water partition coefficient (Wildman–Crippen LogP) is 2.80. The van der Waals surface area contributed by atoms with Gasteiger partial charge in [-0.2, -0.15) is 0 Å². The monoisotopic (exact) mass is 208 g/mol. The summed E-state index contributed by atoms with van der Waals surface area (Å²) in [6.45, 7) is 1.07. The van der Waals surface area contributed by atoms with Gasteiger partial charge in [0.25, 0.3) is 0 Å². The summed E-state index contributed by atoms with van der Waals surface area (Å²) in [6.07, 6.45) is 4.31. The van der Waals surface area contributed by atoms with E-state index in [1.807, 2.05) is 6.20 Å². The Morgan fingerprint density at radius 2 is 2.19 bits per heavy atom. The first-order chi connectivity index (χ1) is 7.95. The van der Waals surface area contributed by atoms with Crippen LogP contribution >= 0.6 is 0 Å². The number of nitrogens with one attached hydrogen (secondary N) is 1. The average molecular weight is 208 g/mol. The Labute approximate surface area is 94.0 Å². The van der Waals surface area contributed by atoms with Crippen molar-refractivity contribution >= 4 is 22.0 Å². The van der Waals surface area contributed by atoms with Crippen molar-refractivity contribution in [1.29, 1.82) is 0 Å². The van der Waals surface area contributed by atoms with Crippen molar-refractivity contribution in [2.45, 2.75) is 12.8 Å². The molecule has 1 aliphatic carbocycles. The molecular weight excluding hydrogens is 196 g/mol. The fourth-order valence-electron chi connectivity index (χ4n) is 2.88. The Bertz CT molecular complexity index is 575. The molecule has 16 heavy (non-hydrogen) atoms. The Morgan fingerprint density at radius 1 is 1.19 bits per heavy atom. The summed E-state index contributed by atoms with van der Waals surface area (Å²) in [7, 11) is 0. The SMILES string of the molecule is c1cc2c3c(nccc3c1)C1=C2CCCN1. The number of rotatable bonds is 0. The molecule has 0 bridgehead atoms. The molecular formula is C14H12N2.